The van der Waals surface area contributed by atoms with Crippen LogP contribution in [-0.2, 0) is 11.8 Å². The molecule has 3 heteroatoms. The summed E-state index contributed by atoms with van der Waals surface area (Å²) in [6.45, 7) is 19.1. The van der Waals surface area contributed by atoms with Crippen LogP contribution in [0.2, 0.25) is 0 Å². The number of benzene rings is 7. The Kier molecular flexibility index (Phi) is 11.7. The van der Waals surface area contributed by atoms with E-state index in [1.807, 2.05) is 0 Å². The summed E-state index contributed by atoms with van der Waals surface area (Å²) < 4.78 is 0. The highest BCUT2D eigenvalue weighted by atomic mass is 15.2. The zero-order valence-electron chi connectivity index (χ0n) is 42.2. The fourth-order valence-electron chi connectivity index (χ4n) is 12.7. The van der Waals surface area contributed by atoms with Crippen molar-refractivity contribution in [2.45, 2.75) is 80.1 Å². The van der Waals surface area contributed by atoms with Gasteiger partial charge in [0.1, 0.15) is 0 Å². The van der Waals surface area contributed by atoms with E-state index in [9.17, 15) is 0 Å². The highest BCUT2D eigenvalue weighted by molar-refractivity contribution is 6.88. The van der Waals surface area contributed by atoms with Gasteiger partial charge in [0.25, 0.3) is 0 Å². The number of anilines is 3. The number of aryl methyl sites for hydroxylation is 4. The summed E-state index contributed by atoms with van der Waals surface area (Å²) >= 11 is 0. The molecule has 2 nitrogen and oxygen atoms in total. The molecule has 0 atom stereocenters. The van der Waals surface area contributed by atoms with Gasteiger partial charge in [-0.2, -0.15) is 0 Å². The van der Waals surface area contributed by atoms with E-state index in [-0.39, 0.29) is 6.71 Å². The van der Waals surface area contributed by atoms with Crippen molar-refractivity contribution in [2.75, 3.05) is 16.3 Å². The molecule has 2 aliphatic carbocycles. The Hall–Kier alpha value is -7.36. The van der Waals surface area contributed by atoms with Crippen LogP contribution in [0, 0.1) is 20.8 Å². The van der Waals surface area contributed by atoms with Gasteiger partial charge in [-0.25, -0.2) is 0 Å². The third kappa shape index (κ3) is 7.16. The lowest BCUT2D eigenvalue weighted by molar-refractivity contribution is 0.742. The zero-order valence-corrected chi connectivity index (χ0v) is 42.2. The van der Waals surface area contributed by atoms with Crippen LogP contribution in [0.1, 0.15) is 92.0 Å². The van der Waals surface area contributed by atoms with Crippen molar-refractivity contribution in [3.8, 4) is 22.3 Å². The molecule has 0 fully saturated rings. The van der Waals surface area contributed by atoms with Gasteiger partial charge in [-0.05, 0) is 163 Å². The van der Waals surface area contributed by atoms with Gasteiger partial charge in [0.15, 0.2) is 0 Å². The average Bonchev–Trinajstić information content (AvgIpc) is 3.70. The molecular weight excluding hydrogens is 844 g/mol. The maximum atomic E-state index is 2.67. The van der Waals surface area contributed by atoms with Crippen molar-refractivity contribution in [1.82, 2.24) is 0 Å². The Morgan fingerprint density at radius 3 is 2.04 bits per heavy atom. The number of hydrogen-bond donors (Lipinski definition) is 0. The van der Waals surface area contributed by atoms with E-state index in [4.69, 9.17) is 0 Å². The second-order valence-electron chi connectivity index (χ2n) is 20.0. The minimum absolute atomic E-state index is 0.0654. The molecular formula is C67H63BN2. The molecule has 11 rings (SSSR count). The summed E-state index contributed by atoms with van der Waals surface area (Å²) in [5.74, 6) is 0. The molecule has 0 bridgehead atoms. The SMILES string of the molecule is C/C=C\C1=C2CN(c3ccc(C)cc3)C(C3=C(C)\C=C(/C)C4(c5cc(C)ccc5\C=C\3)c3ccccc3-c3ccccc34)=C(CCC)B2c2ccc(-c3c(C)cccc3CC)cc2N1c1ccccc1. The van der Waals surface area contributed by atoms with Crippen LogP contribution in [0.5, 0.6) is 0 Å². The lowest BCUT2D eigenvalue weighted by Gasteiger charge is -2.46. The fraction of sp³-hybridized carbons (Fsp3) is 0.194. The Morgan fingerprint density at radius 2 is 1.34 bits per heavy atom. The van der Waals surface area contributed by atoms with Gasteiger partial charge in [0.2, 0.25) is 6.71 Å². The molecule has 0 saturated heterocycles. The first-order valence-electron chi connectivity index (χ1n) is 25.6. The van der Waals surface area contributed by atoms with Gasteiger partial charge in [-0.3, -0.25) is 0 Å². The molecule has 2 aliphatic heterocycles. The second-order valence-corrected chi connectivity index (χ2v) is 20.0. The Morgan fingerprint density at radius 1 is 0.643 bits per heavy atom. The van der Waals surface area contributed by atoms with Gasteiger partial charge < -0.3 is 9.80 Å². The van der Waals surface area contributed by atoms with Crippen LogP contribution in [0.4, 0.5) is 17.1 Å². The van der Waals surface area contributed by atoms with Crippen molar-refractivity contribution in [3.05, 3.63) is 266 Å². The number of nitrogens with zero attached hydrogens (tertiary/aromatic N) is 2. The number of hydrogen-bond acceptors (Lipinski definition) is 2. The molecule has 4 aliphatic rings. The summed E-state index contributed by atoms with van der Waals surface area (Å²) in [6, 6.07) is 59.9. The van der Waals surface area contributed by atoms with E-state index in [2.05, 4.69) is 253 Å². The third-order valence-electron chi connectivity index (χ3n) is 15.7. The van der Waals surface area contributed by atoms with Gasteiger partial charge in [-0.15, -0.1) is 0 Å². The Labute approximate surface area is 417 Å². The van der Waals surface area contributed by atoms with E-state index in [1.54, 1.807) is 0 Å². The molecule has 7 aromatic rings. The summed E-state index contributed by atoms with van der Waals surface area (Å²) in [6.07, 6.45) is 15.0. The maximum Gasteiger partial charge on any atom is 0.242 e. The summed E-state index contributed by atoms with van der Waals surface area (Å²) in [7, 11) is 0. The third-order valence-corrected chi connectivity index (χ3v) is 15.7. The van der Waals surface area contributed by atoms with Crippen molar-refractivity contribution in [2.24, 2.45) is 0 Å². The first-order chi connectivity index (χ1) is 34.2. The topological polar surface area (TPSA) is 6.48 Å². The predicted molar refractivity (Wildman–Crippen MR) is 301 cm³/mol. The van der Waals surface area contributed by atoms with Gasteiger partial charge in [0, 0.05) is 40.6 Å². The van der Waals surface area contributed by atoms with Crippen molar-refractivity contribution in [3.63, 3.8) is 0 Å². The quantitative estimate of drug-likeness (QED) is 0.140. The number of fused-ring (bicyclic) bond motifs is 10. The molecule has 0 radical (unpaired) electrons. The van der Waals surface area contributed by atoms with Crippen LogP contribution in [0.25, 0.3) is 28.3 Å². The highest BCUT2D eigenvalue weighted by Gasteiger charge is 2.48. The van der Waals surface area contributed by atoms with Gasteiger partial charge >= 0.3 is 0 Å². The van der Waals surface area contributed by atoms with Crippen LogP contribution in [0.15, 0.2) is 221 Å². The van der Waals surface area contributed by atoms with Crippen LogP contribution in [-0.4, -0.2) is 13.3 Å². The molecule has 0 aromatic heterocycles. The minimum atomic E-state index is -0.466. The summed E-state index contributed by atoms with van der Waals surface area (Å²) in [4.78, 5) is 5.22. The highest BCUT2D eigenvalue weighted by Crippen LogP contribution is 2.58. The number of para-hydroxylation sites is 1. The zero-order chi connectivity index (χ0) is 48.3. The predicted octanol–water partition coefficient (Wildman–Crippen LogP) is 16.5. The van der Waals surface area contributed by atoms with E-state index < -0.39 is 5.41 Å². The van der Waals surface area contributed by atoms with Crippen molar-refractivity contribution < 1.29 is 0 Å². The van der Waals surface area contributed by atoms with E-state index in [1.165, 1.54) is 128 Å². The molecule has 2 heterocycles. The molecule has 0 amide bonds. The first kappa shape index (κ1) is 45.1. The Bertz CT molecular complexity index is 3360. The Balaban J connectivity index is 1.23. The molecule has 0 unspecified atom stereocenters. The van der Waals surface area contributed by atoms with Crippen LogP contribution < -0.4 is 15.3 Å². The largest absolute Gasteiger partial charge is 0.338 e. The molecule has 0 N–H and O–H groups in total. The van der Waals surface area contributed by atoms with Crippen LogP contribution >= 0.6 is 0 Å². The summed E-state index contributed by atoms with van der Waals surface area (Å²) in [5.41, 5.74) is 29.7. The van der Waals surface area contributed by atoms with Crippen LogP contribution in [0.3, 0.4) is 0 Å². The average molecular weight is 907 g/mol. The van der Waals surface area contributed by atoms with Crippen molar-refractivity contribution >= 4 is 35.3 Å². The molecule has 70 heavy (non-hydrogen) atoms. The summed E-state index contributed by atoms with van der Waals surface area (Å²) in [5, 5.41) is 0. The van der Waals surface area contributed by atoms with Gasteiger partial charge in [-0.1, -0.05) is 194 Å². The van der Waals surface area contributed by atoms with E-state index in [0.29, 0.717) is 0 Å². The van der Waals surface area contributed by atoms with Crippen molar-refractivity contribution in [1.29, 1.82) is 0 Å². The van der Waals surface area contributed by atoms with E-state index in [0.717, 1.165) is 25.8 Å². The lowest BCUT2D eigenvalue weighted by atomic mass is 9.31. The molecule has 1 spiro atoms. The first-order valence-corrected chi connectivity index (χ1v) is 25.6. The molecule has 344 valence electrons. The standard InChI is InChI=1S/C67H63BN2/c1-9-20-61-66(54-38-34-50-33-30-45(5)40-59(50)67(48(8)41-47(54)7)57-28-17-15-26-55(57)56-27-16-18-29-58(56)67)69(52-36-31-44(4)32-37-52)43-62-63(21-10-2)70(53-24-13-12-14-25-53)64-42-51(35-39-60(64)68(61)62)65-46(6)22-19-23-49(65)11-3/h10,12-19,21-42H,9,11,20,43H2,1-8H3/b21-10-,38-34+,48-41+,54-47-. The van der Waals surface area contributed by atoms with E-state index >= 15 is 0 Å². The lowest BCUT2D eigenvalue weighted by Crippen LogP contribution is -2.52. The second kappa shape index (κ2) is 18.2. The smallest absolute Gasteiger partial charge is 0.242 e. The fourth-order valence-corrected chi connectivity index (χ4v) is 12.7. The number of allylic oxidation sites excluding steroid dienone is 7. The molecule has 7 aromatic carbocycles. The monoisotopic (exact) mass is 907 g/mol. The normalized spacial score (nSPS) is 18.2. The molecule has 0 saturated carbocycles. The number of rotatable bonds is 8. The maximum absolute atomic E-state index is 2.67. The van der Waals surface area contributed by atoms with Gasteiger partial charge in [0.05, 0.1) is 5.41 Å². The minimum Gasteiger partial charge on any atom is -0.338 e.